The molecule has 0 bridgehead atoms. The van der Waals surface area contributed by atoms with Crippen LogP contribution in [0.25, 0.3) is 0 Å². The third-order valence-corrected chi connectivity index (χ3v) is 6.09. The van der Waals surface area contributed by atoms with Crippen LogP contribution in [0.1, 0.15) is 16.7 Å². The van der Waals surface area contributed by atoms with Crippen molar-refractivity contribution in [3.63, 3.8) is 0 Å². The Kier molecular flexibility index (Phi) is 10.1. The molecule has 0 spiro atoms. The fraction of sp³-hybridized carbons (Fsp3) is 0.310. The number of rotatable bonds is 10. The topological polar surface area (TPSA) is 46.2 Å². The molecular weight excluding hydrogens is 555 g/mol. The van der Waals surface area contributed by atoms with Crippen LogP contribution in [0.3, 0.4) is 0 Å². The van der Waals surface area contributed by atoms with E-state index in [9.17, 15) is 0 Å². The Labute approximate surface area is 220 Å². The summed E-state index contributed by atoms with van der Waals surface area (Å²) in [5.74, 6) is 3.13. The smallest absolute Gasteiger partial charge is 0.187 e. The van der Waals surface area contributed by atoms with Crippen molar-refractivity contribution in [1.29, 1.82) is 0 Å². The average Bonchev–Trinajstić information content (AvgIpc) is 2.92. The molecule has 3 aromatic rings. The minimum absolute atomic E-state index is 0.397. The Morgan fingerprint density at radius 3 is 1.51 bits per heavy atom. The molecule has 0 saturated carbocycles. The Morgan fingerprint density at radius 2 is 1.09 bits per heavy atom. The normalized spacial score (nSPS) is 23.9. The molecule has 0 aromatic heterocycles. The number of methoxy groups -OCH3 is 1. The van der Waals surface area contributed by atoms with E-state index in [2.05, 4.69) is 9.85 Å². The van der Waals surface area contributed by atoms with Crippen LogP contribution in [0, 0.1) is 9.85 Å². The molecule has 1 fully saturated rings. The van der Waals surface area contributed by atoms with Gasteiger partial charge in [-0.2, -0.15) is 0 Å². The van der Waals surface area contributed by atoms with Crippen molar-refractivity contribution in [3.8, 4) is 9.85 Å². The van der Waals surface area contributed by atoms with Crippen molar-refractivity contribution in [1.82, 2.24) is 0 Å². The summed E-state index contributed by atoms with van der Waals surface area (Å²) in [6.07, 6.45) is -2.65. The predicted octanol–water partition coefficient (Wildman–Crippen LogP) is 5.51. The maximum Gasteiger partial charge on any atom is 0.187 e. The lowest BCUT2D eigenvalue weighted by atomic mass is 9.98. The Bertz CT molecular complexity index is 1070. The zero-order valence-electron chi connectivity index (χ0n) is 19.6. The van der Waals surface area contributed by atoms with Crippen LogP contribution < -0.4 is 0 Å². The number of halogens is 1. The van der Waals surface area contributed by atoms with E-state index in [1.165, 1.54) is 0 Å². The number of hydrogen-bond acceptors (Lipinski definition) is 5. The zero-order chi connectivity index (χ0) is 24.3. The van der Waals surface area contributed by atoms with E-state index in [1.807, 2.05) is 114 Å². The first-order chi connectivity index (χ1) is 17.3. The summed E-state index contributed by atoms with van der Waals surface area (Å²) in [6.45, 7) is 1.21. The van der Waals surface area contributed by atoms with Crippen LogP contribution in [-0.2, 0) is 43.5 Å². The fourth-order valence-electron chi connectivity index (χ4n) is 4.02. The van der Waals surface area contributed by atoms with E-state index in [4.69, 9.17) is 23.7 Å². The Hall–Kier alpha value is -2.25. The molecule has 0 radical (unpaired) electrons. The summed E-state index contributed by atoms with van der Waals surface area (Å²) in [6, 6.07) is 30.1. The molecule has 0 unspecified atom stereocenters. The molecule has 3 aromatic carbocycles. The molecule has 1 heterocycles. The van der Waals surface area contributed by atoms with E-state index in [0.29, 0.717) is 19.8 Å². The van der Waals surface area contributed by atoms with E-state index in [-0.39, 0.29) is 0 Å². The summed E-state index contributed by atoms with van der Waals surface area (Å²) in [4.78, 5) is 0. The van der Waals surface area contributed by atoms with Gasteiger partial charge in [0.25, 0.3) is 0 Å². The van der Waals surface area contributed by atoms with Crippen molar-refractivity contribution >= 4 is 22.6 Å². The van der Waals surface area contributed by atoms with Crippen molar-refractivity contribution in [2.45, 2.75) is 50.5 Å². The highest BCUT2D eigenvalue weighted by Gasteiger charge is 2.48. The standard InChI is InChI=1S/C29H29IO5/c1-31-29-28(34-21-24-15-9-4-10-16-24)27(33-20-23-13-7-3-8-14-23)26(25(35-29)17-18-30)32-19-22-11-5-2-6-12-22/h2-16,25-29H,19-21H2,1H3/t25-,26-,27+,28-,29+/m1/s1. The van der Waals surface area contributed by atoms with Gasteiger partial charge in [-0.05, 0) is 20.6 Å². The average molecular weight is 584 g/mol. The molecule has 4 rings (SSSR count). The number of hydrogen-bond donors (Lipinski definition) is 0. The lowest BCUT2D eigenvalue weighted by Gasteiger charge is -2.44. The van der Waals surface area contributed by atoms with Crippen molar-refractivity contribution in [2.24, 2.45) is 0 Å². The van der Waals surface area contributed by atoms with E-state index in [1.54, 1.807) is 7.11 Å². The third kappa shape index (κ3) is 7.37. The maximum atomic E-state index is 6.50. The van der Waals surface area contributed by atoms with Crippen molar-refractivity contribution in [2.75, 3.05) is 7.11 Å². The zero-order valence-corrected chi connectivity index (χ0v) is 21.7. The largest absolute Gasteiger partial charge is 0.368 e. The van der Waals surface area contributed by atoms with Gasteiger partial charge in [-0.15, -0.1) is 0 Å². The molecule has 6 heteroatoms. The van der Waals surface area contributed by atoms with Crippen LogP contribution in [0.4, 0.5) is 0 Å². The van der Waals surface area contributed by atoms with E-state index in [0.717, 1.165) is 16.7 Å². The monoisotopic (exact) mass is 584 g/mol. The molecule has 182 valence electrons. The Morgan fingerprint density at radius 1 is 0.657 bits per heavy atom. The van der Waals surface area contributed by atoms with E-state index < -0.39 is 30.7 Å². The molecular formula is C29H29IO5. The quantitative estimate of drug-likeness (QED) is 0.233. The van der Waals surface area contributed by atoms with Crippen molar-refractivity contribution in [3.05, 3.63) is 108 Å². The van der Waals surface area contributed by atoms with Gasteiger partial charge in [0.15, 0.2) is 12.4 Å². The molecule has 5 atom stereocenters. The lowest BCUT2D eigenvalue weighted by Crippen LogP contribution is -2.60. The molecule has 0 N–H and O–H groups in total. The van der Waals surface area contributed by atoms with Gasteiger partial charge >= 0.3 is 0 Å². The van der Waals surface area contributed by atoms with Gasteiger partial charge in [-0.1, -0.05) is 96.9 Å². The first-order valence-corrected chi connectivity index (χ1v) is 12.6. The van der Waals surface area contributed by atoms with Crippen LogP contribution in [0.2, 0.25) is 0 Å². The van der Waals surface area contributed by atoms with Gasteiger partial charge in [0.1, 0.15) is 18.3 Å². The highest BCUT2D eigenvalue weighted by atomic mass is 127. The summed E-state index contributed by atoms with van der Waals surface area (Å²) in [5.41, 5.74) is 3.18. The summed E-state index contributed by atoms with van der Waals surface area (Å²) in [7, 11) is 1.61. The highest BCUT2D eigenvalue weighted by Crippen LogP contribution is 2.30. The van der Waals surface area contributed by atoms with Gasteiger partial charge in [0.05, 0.1) is 19.8 Å². The number of benzene rings is 3. The van der Waals surface area contributed by atoms with Gasteiger partial charge in [0.2, 0.25) is 0 Å². The molecule has 0 aliphatic carbocycles. The third-order valence-electron chi connectivity index (χ3n) is 5.78. The van der Waals surface area contributed by atoms with Crippen LogP contribution in [-0.4, -0.2) is 37.8 Å². The van der Waals surface area contributed by atoms with E-state index >= 15 is 0 Å². The first kappa shape index (κ1) is 25.8. The second-order valence-electron chi connectivity index (χ2n) is 8.18. The minimum Gasteiger partial charge on any atom is -0.368 e. The lowest BCUT2D eigenvalue weighted by molar-refractivity contribution is -0.307. The van der Waals surface area contributed by atoms with Gasteiger partial charge in [-0.3, -0.25) is 0 Å². The fourth-order valence-corrected chi connectivity index (χ4v) is 4.33. The van der Waals surface area contributed by atoms with Crippen LogP contribution in [0.5, 0.6) is 0 Å². The molecule has 0 amide bonds. The van der Waals surface area contributed by atoms with Gasteiger partial charge in [-0.25, -0.2) is 0 Å². The molecule has 35 heavy (non-hydrogen) atoms. The van der Waals surface area contributed by atoms with Gasteiger partial charge in [0, 0.05) is 29.7 Å². The minimum atomic E-state index is -0.654. The second kappa shape index (κ2) is 13.7. The molecule has 5 nitrogen and oxygen atoms in total. The SMILES string of the molecule is CO[C@H]1O[C@H](C#CI)[C@@H](OCc2ccccc2)[C@H](OCc2ccccc2)[C@H]1OCc1ccccc1. The van der Waals surface area contributed by atoms with Crippen LogP contribution in [0.15, 0.2) is 91.0 Å². The number of ether oxygens (including phenoxy) is 5. The predicted molar refractivity (Wildman–Crippen MR) is 143 cm³/mol. The Balaban J connectivity index is 1.59. The molecule has 1 aliphatic rings. The van der Waals surface area contributed by atoms with Crippen molar-refractivity contribution < 1.29 is 23.7 Å². The maximum absolute atomic E-state index is 6.50. The summed E-state index contributed by atoms with van der Waals surface area (Å²) >= 11 is 2.02. The summed E-state index contributed by atoms with van der Waals surface area (Å²) < 4.78 is 34.2. The highest BCUT2D eigenvalue weighted by molar-refractivity contribution is 14.1. The van der Waals surface area contributed by atoms with Crippen LogP contribution >= 0.6 is 22.6 Å². The second-order valence-corrected chi connectivity index (χ2v) is 8.72. The molecule has 1 aliphatic heterocycles. The molecule has 1 saturated heterocycles. The summed E-state index contributed by atoms with van der Waals surface area (Å²) in [5, 5.41) is 0. The first-order valence-electron chi connectivity index (χ1n) is 11.5. The van der Waals surface area contributed by atoms with Gasteiger partial charge < -0.3 is 23.7 Å².